The minimum absolute atomic E-state index is 0.120. The van der Waals surface area contributed by atoms with E-state index in [1.54, 1.807) is 0 Å². The Morgan fingerprint density at radius 2 is 1.75 bits per heavy atom. The summed E-state index contributed by atoms with van der Waals surface area (Å²) in [7, 11) is 2.45. The fraction of sp³-hybridized carbons (Fsp3) is 0.308. The third-order valence-electron chi connectivity index (χ3n) is 2.52. The average Bonchev–Trinajstić information content (AvgIpc) is 2.45. The molecule has 20 heavy (non-hydrogen) atoms. The van der Waals surface area contributed by atoms with Crippen molar-refractivity contribution >= 4 is 23.5 Å². The second-order valence-corrected chi connectivity index (χ2v) is 4.02. The minimum Gasteiger partial charge on any atom is -0.465 e. The molecular formula is C13H16N2O5. The quantitative estimate of drug-likeness (QED) is 0.780. The number of carbonyl (C=O) groups is 3. The van der Waals surface area contributed by atoms with Crippen LogP contribution in [0.25, 0.3) is 0 Å². The first-order valence-electron chi connectivity index (χ1n) is 5.77. The molecule has 0 bridgehead atoms. The van der Waals surface area contributed by atoms with Gasteiger partial charge in [-0.25, -0.2) is 9.59 Å². The van der Waals surface area contributed by atoms with E-state index in [9.17, 15) is 14.4 Å². The molecule has 7 heteroatoms. The van der Waals surface area contributed by atoms with E-state index in [0.717, 1.165) is 0 Å². The molecule has 0 aliphatic rings. The Bertz CT molecular complexity index is 540. The summed E-state index contributed by atoms with van der Waals surface area (Å²) >= 11 is 0. The maximum absolute atomic E-state index is 11.6. The standard InChI is InChI=1S/C13H16N2O5/c1-7(14)11(16)15-10-6-8(12(17)19-2)4-5-9(10)13(18)20-3/h4-7H,14H2,1-3H3,(H,15,16)/t7-/m0/s1. The Labute approximate surface area is 116 Å². The van der Waals surface area contributed by atoms with Gasteiger partial charge in [0.05, 0.1) is 37.1 Å². The van der Waals surface area contributed by atoms with Gasteiger partial charge in [-0.2, -0.15) is 0 Å². The highest BCUT2D eigenvalue weighted by atomic mass is 16.5. The lowest BCUT2D eigenvalue weighted by molar-refractivity contribution is -0.117. The first-order valence-corrected chi connectivity index (χ1v) is 5.77. The molecule has 7 nitrogen and oxygen atoms in total. The molecule has 0 aliphatic heterocycles. The van der Waals surface area contributed by atoms with Gasteiger partial charge in [0.15, 0.2) is 0 Å². The number of esters is 2. The number of anilines is 1. The summed E-state index contributed by atoms with van der Waals surface area (Å²) in [5.74, 6) is -1.71. The summed E-state index contributed by atoms with van der Waals surface area (Å²) < 4.78 is 9.19. The lowest BCUT2D eigenvalue weighted by atomic mass is 10.1. The van der Waals surface area contributed by atoms with Gasteiger partial charge in [0.2, 0.25) is 5.91 Å². The van der Waals surface area contributed by atoms with E-state index >= 15 is 0 Å². The second kappa shape index (κ2) is 6.67. The predicted octanol–water partition coefficient (Wildman–Crippen LogP) is 0.545. The van der Waals surface area contributed by atoms with Crippen LogP contribution >= 0.6 is 0 Å². The number of hydrogen-bond donors (Lipinski definition) is 2. The van der Waals surface area contributed by atoms with Gasteiger partial charge >= 0.3 is 11.9 Å². The molecule has 1 rings (SSSR count). The van der Waals surface area contributed by atoms with Crippen LogP contribution in [0, 0.1) is 0 Å². The van der Waals surface area contributed by atoms with Crippen LogP contribution in [0.15, 0.2) is 18.2 Å². The molecule has 0 aliphatic carbocycles. The van der Waals surface area contributed by atoms with Crippen molar-refractivity contribution in [3.63, 3.8) is 0 Å². The van der Waals surface area contributed by atoms with E-state index < -0.39 is 23.9 Å². The fourth-order valence-corrected chi connectivity index (χ4v) is 1.43. The van der Waals surface area contributed by atoms with Crippen LogP contribution in [0.5, 0.6) is 0 Å². The van der Waals surface area contributed by atoms with Crippen LogP contribution in [0.3, 0.4) is 0 Å². The number of amides is 1. The number of nitrogens with one attached hydrogen (secondary N) is 1. The monoisotopic (exact) mass is 280 g/mol. The summed E-state index contributed by atoms with van der Waals surface area (Å²) in [5.41, 5.74) is 5.90. The molecule has 0 spiro atoms. The summed E-state index contributed by atoms with van der Waals surface area (Å²) in [6, 6.07) is 3.34. The zero-order valence-corrected chi connectivity index (χ0v) is 11.4. The molecule has 0 fully saturated rings. The van der Waals surface area contributed by atoms with Crippen molar-refractivity contribution in [2.45, 2.75) is 13.0 Å². The minimum atomic E-state index is -0.762. The van der Waals surface area contributed by atoms with Crippen molar-refractivity contribution in [3.05, 3.63) is 29.3 Å². The summed E-state index contributed by atoms with van der Waals surface area (Å²) in [6.07, 6.45) is 0. The van der Waals surface area contributed by atoms with Crippen molar-refractivity contribution in [1.29, 1.82) is 0 Å². The molecule has 1 aromatic rings. The topological polar surface area (TPSA) is 108 Å². The van der Waals surface area contributed by atoms with Crippen LogP contribution in [0.1, 0.15) is 27.6 Å². The highest BCUT2D eigenvalue weighted by Gasteiger charge is 2.18. The van der Waals surface area contributed by atoms with Crippen LogP contribution in [-0.2, 0) is 14.3 Å². The Balaban J connectivity index is 3.22. The molecule has 108 valence electrons. The molecule has 0 heterocycles. The number of benzene rings is 1. The van der Waals surface area contributed by atoms with Crippen molar-refractivity contribution in [2.24, 2.45) is 5.73 Å². The summed E-state index contributed by atoms with van der Waals surface area (Å²) in [4.78, 5) is 34.7. The van der Waals surface area contributed by atoms with Gasteiger partial charge in [0.25, 0.3) is 0 Å². The normalized spacial score (nSPS) is 11.4. The third kappa shape index (κ3) is 3.55. The van der Waals surface area contributed by atoms with Crippen LogP contribution in [-0.4, -0.2) is 38.1 Å². The number of rotatable bonds is 4. The van der Waals surface area contributed by atoms with Crippen molar-refractivity contribution in [1.82, 2.24) is 0 Å². The zero-order valence-electron chi connectivity index (χ0n) is 11.4. The van der Waals surface area contributed by atoms with Crippen molar-refractivity contribution in [3.8, 4) is 0 Å². The zero-order chi connectivity index (χ0) is 15.3. The lowest BCUT2D eigenvalue weighted by Crippen LogP contribution is -2.33. The Morgan fingerprint density at radius 3 is 2.25 bits per heavy atom. The van der Waals surface area contributed by atoms with Gasteiger partial charge < -0.3 is 20.5 Å². The Morgan fingerprint density at radius 1 is 1.15 bits per heavy atom. The van der Waals surface area contributed by atoms with Crippen LogP contribution in [0.2, 0.25) is 0 Å². The van der Waals surface area contributed by atoms with Gasteiger partial charge in [-0.15, -0.1) is 0 Å². The Hall–Kier alpha value is -2.41. The number of ether oxygens (including phenoxy) is 2. The molecule has 0 unspecified atom stereocenters. The smallest absolute Gasteiger partial charge is 0.339 e. The maximum Gasteiger partial charge on any atom is 0.339 e. The number of nitrogens with two attached hydrogens (primary N) is 1. The molecule has 1 amide bonds. The highest BCUT2D eigenvalue weighted by Crippen LogP contribution is 2.19. The van der Waals surface area contributed by atoms with E-state index in [1.165, 1.54) is 39.3 Å². The predicted molar refractivity (Wildman–Crippen MR) is 71.4 cm³/mol. The van der Waals surface area contributed by atoms with Gasteiger partial charge in [-0.3, -0.25) is 4.79 Å². The summed E-state index contributed by atoms with van der Waals surface area (Å²) in [5, 5.41) is 2.47. The first kappa shape index (κ1) is 15.6. The molecule has 1 aromatic carbocycles. The number of hydrogen-bond acceptors (Lipinski definition) is 6. The summed E-state index contributed by atoms with van der Waals surface area (Å²) in [6.45, 7) is 1.50. The van der Waals surface area contributed by atoms with Crippen molar-refractivity contribution < 1.29 is 23.9 Å². The van der Waals surface area contributed by atoms with E-state index in [4.69, 9.17) is 5.73 Å². The fourth-order valence-electron chi connectivity index (χ4n) is 1.43. The molecule has 1 atom stereocenters. The second-order valence-electron chi connectivity index (χ2n) is 4.02. The molecule has 0 saturated carbocycles. The van der Waals surface area contributed by atoms with Gasteiger partial charge in [0, 0.05) is 0 Å². The van der Waals surface area contributed by atoms with Crippen LogP contribution in [0.4, 0.5) is 5.69 Å². The molecule has 3 N–H and O–H groups in total. The SMILES string of the molecule is COC(=O)c1ccc(C(=O)OC)c(NC(=O)[C@H](C)N)c1. The molecular weight excluding hydrogens is 264 g/mol. The van der Waals surface area contributed by atoms with E-state index in [-0.39, 0.29) is 16.8 Å². The molecule has 0 saturated heterocycles. The largest absolute Gasteiger partial charge is 0.465 e. The van der Waals surface area contributed by atoms with Gasteiger partial charge in [-0.05, 0) is 25.1 Å². The lowest BCUT2D eigenvalue weighted by Gasteiger charge is -2.12. The average molecular weight is 280 g/mol. The van der Waals surface area contributed by atoms with Crippen molar-refractivity contribution in [2.75, 3.05) is 19.5 Å². The van der Waals surface area contributed by atoms with Gasteiger partial charge in [0.1, 0.15) is 0 Å². The van der Waals surface area contributed by atoms with Gasteiger partial charge in [-0.1, -0.05) is 0 Å². The molecule has 0 aromatic heterocycles. The highest BCUT2D eigenvalue weighted by molar-refractivity contribution is 6.04. The Kier molecular flexibility index (Phi) is 5.22. The van der Waals surface area contributed by atoms with E-state index in [1.807, 2.05) is 0 Å². The van der Waals surface area contributed by atoms with E-state index in [2.05, 4.69) is 14.8 Å². The maximum atomic E-state index is 11.6. The number of methoxy groups -OCH3 is 2. The number of carbonyl (C=O) groups excluding carboxylic acids is 3. The van der Waals surface area contributed by atoms with Crippen LogP contribution < -0.4 is 11.1 Å². The molecule has 0 radical (unpaired) electrons. The van der Waals surface area contributed by atoms with E-state index in [0.29, 0.717) is 0 Å². The third-order valence-corrected chi connectivity index (χ3v) is 2.52. The first-order chi connectivity index (χ1) is 9.40.